The van der Waals surface area contributed by atoms with E-state index < -0.39 is 45.3 Å². The summed E-state index contributed by atoms with van der Waals surface area (Å²) in [4.78, 5) is 25.0. The number of esters is 1. The number of amides is 1. The van der Waals surface area contributed by atoms with E-state index in [2.05, 4.69) is 5.32 Å². The van der Waals surface area contributed by atoms with Gasteiger partial charge in [0.2, 0.25) is 5.91 Å². The summed E-state index contributed by atoms with van der Waals surface area (Å²) in [5, 5.41) is 1.73. The summed E-state index contributed by atoms with van der Waals surface area (Å²) < 4.78 is 42.6. The molecule has 0 heterocycles. The standard InChI is InChI=1S/C18H33NO7S/c1-11(2)9-25-13(5)16(18(21)26-10-12(3)4)19-17(20)14-6-7-15(8-14)27(22,23)24/h11-16H,6-10H2,1-5H3,(H,19,20)(H,22,23,24)/t13-,14?,15?,16-/m0/s1. The first-order valence-corrected chi connectivity index (χ1v) is 11.0. The van der Waals surface area contributed by atoms with E-state index in [0.717, 1.165) is 0 Å². The van der Waals surface area contributed by atoms with Gasteiger partial charge in [0.05, 0.1) is 18.0 Å². The van der Waals surface area contributed by atoms with Gasteiger partial charge >= 0.3 is 5.97 Å². The highest BCUT2D eigenvalue weighted by molar-refractivity contribution is 7.86. The minimum absolute atomic E-state index is 0.0413. The third kappa shape index (κ3) is 8.15. The number of carbonyl (C=O) groups is 2. The molecule has 0 spiro atoms. The van der Waals surface area contributed by atoms with Crippen molar-refractivity contribution < 1.29 is 32.0 Å². The lowest BCUT2D eigenvalue weighted by molar-refractivity contribution is -0.154. The number of rotatable bonds is 10. The van der Waals surface area contributed by atoms with Crippen LogP contribution in [0.1, 0.15) is 53.9 Å². The molecule has 27 heavy (non-hydrogen) atoms. The average molecular weight is 408 g/mol. The van der Waals surface area contributed by atoms with Crippen LogP contribution in [0.5, 0.6) is 0 Å². The molecule has 0 bridgehead atoms. The quantitative estimate of drug-likeness (QED) is 0.418. The van der Waals surface area contributed by atoms with Gasteiger partial charge in [-0.25, -0.2) is 4.79 Å². The molecule has 1 aliphatic carbocycles. The predicted octanol–water partition coefficient (Wildman–Crippen LogP) is 1.79. The van der Waals surface area contributed by atoms with Gasteiger partial charge < -0.3 is 14.8 Å². The molecular weight excluding hydrogens is 374 g/mol. The molecule has 0 aromatic rings. The zero-order valence-corrected chi connectivity index (χ0v) is 17.6. The molecule has 0 aromatic carbocycles. The Morgan fingerprint density at radius 1 is 1.07 bits per heavy atom. The van der Waals surface area contributed by atoms with Gasteiger partial charge in [-0.1, -0.05) is 27.7 Å². The van der Waals surface area contributed by atoms with Crippen LogP contribution >= 0.6 is 0 Å². The van der Waals surface area contributed by atoms with Crippen molar-refractivity contribution in [3.8, 4) is 0 Å². The lowest BCUT2D eigenvalue weighted by Gasteiger charge is -2.26. The Labute approximate surface area is 162 Å². The van der Waals surface area contributed by atoms with Gasteiger partial charge in [-0.2, -0.15) is 8.42 Å². The topological polar surface area (TPSA) is 119 Å². The first kappa shape index (κ1) is 23.8. The monoisotopic (exact) mass is 407 g/mol. The summed E-state index contributed by atoms with van der Waals surface area (Å²) in [5.74, 6) is -1.15. The molecular formula is C18H33NO7S. The molecule has 0 aliphatic heterocycles. The highest BCUT2D eigenvalue weighted by Crippen LogP contribution is 2.30. The van der Waals surface area contributed by atoms with Crippen molar-refractivity contribution in [1.29, 1.82) is 0 Å². The smallest absolute Gasteiger partial charge is 0.331 e. The molecule has 158 valence electrons. The van der Waals surface area contributed by atoms with E-state index in [4.69, 9.17) is 14.0 Å². The lowest BCUT2D eigenvalue weighted by atomic mass is 10.1. The molecule has 2 unspecified atom stereocenters. The Bertz CT molecular complexity index is 603. The van der Waals surface area contributed by atoms with E-state index in [-0.39, 0.29) is 31.3 Å². The summed E-state index contributed by atoms with van der Waals surface area (Å²) in [5.41, 5.74) is 0. The van der Waals surface area contributed by atoms with E-state index >= 15 is 0 Å². The molecule has 1 rings (SSSR count). The lowest BCUT2D eigenvalue weighted by Crippen LogP contribution is -2.51. The van der Waals surface area contributed by atoms with Crippen LogP contribution in [0, 0.1) is 17.8 Å². The minimum Gasteiger partial charge on any atom is -0.464 e. The average Bonchev–Trinajstić information content (AvgIpc) is 3.05. The Kier molecular flexibility index (Phi) is 9.17. The zero-order chi connectivity index (χ0) is 20.8. The number of nitrogens with one attached hydrogen (secondary N) is 1. The predicted molar refractivity (Wildman–Crippen MR) is 101 cm³/mol. The molecule has 1 aliphatic rings. The molecule has 0 saturated heterocycles. The fraction of sp³-hybridized carbons (Fsp3) is 0.889. The Morgan fingerprint density at radius 3 is 2.15 bits per heavy atom. The Hall–Kier alpha value is -1.19. The SMILES string of the molecule is CC(C)COC(=O)[C@@H](NC(=O)C1CCC(S(=O)(=O)O)C1)[C@H](C)OCC(C)C. The van der Waals surface area contributed by atoms with Crippen LogP contribution in [0.15, 0.2) is 0 Å². The van der Waals surface area contributed by atoms with Gasteiger partial charge in [-0.3, -0.25) is 9.35 Å². The van der Waals surface area contributed by atoms with Crippen LogP contribution in [-0.2, 0) is 29.2 Å². The molecule has 1 amide bonds. The number of carbonyl (C=O) groups excluding carboxylic acids is 2. The molecule has 0 aromatic heterocycles. The third-order valence-corrected chi connectivity index (χ3v) is 5.72. The molecule has 8 nitrogen and oxygen atoms in total. The normalized spacial score (nSPS) is 22.7. The maximum absolute atomic E-state index is 12.6. The molecule has 1 saturated carbocycles. The van der Waals surface area contributed by atoms with Crippen molar-refractivity contribution in [2.24, 2.45) is 17.8 Å². The maximum Gasteiger partial charge on any atom is 0.331 e. The summed E-state index contributed by atoms with van der Waals surface area (Å²) in [7, 11) is -4.16. The molecule has 1 fully saturated rings. The second-order valence-electron chi connectivity index (χ2n) is 8.09. The maximum atomic E-state index is 12.6. The zero-order valence-electron chi connectivity index (χ0n) is 16.8. The van der Waals surface area contributed by atoms with Crippen molar-refractivity contribution in [2.75, 3.05) is 13.2 Å². The largest absolute Gasteiger partial charge is 0.464 e. The van der Waals surface area contributed by atoms with Crippen LogP contribution in [0.3, 0.4) is 0 Å². The number of ether oxygens (including phenoxy) is 2. The van der Waals surface area contributed by atoms with Crippen LogP contribution in [0.25, 0.3) is 0 Å². The van der Waals surface area contributed by atoms with E-state index in [0.29, 0.717) is 13.0 Å². The molecule has 0 radical (unpaired) electrons. The minimum atomic E-state index is -4.16. The van der Waals surface area contributed by atoms with E-state index in [1.54, 1.807) is 6.92 Å². The molecule has 2 N–H and O–H groups in total. The summed E-state index contributed by atoms with van der Waals surface area (Å²) in [6.45, 7) is 10.1. The fourth-order valence-electron chi connectivity index (χ4n) is 2.87. The van der Waals surface area contributed by atoms with Gasteiger partial charge in [0, 0.05) is 12.5 Å². The number of hydrogen-bond acceptors (Lipinski definition) is 6. The fourth-order valence-corrected chi connectivity index (χ4v) is 3.78. The molecule has 9 heteroatoms. The van der Waals surface area contributed by atoms with Crippen LogP contribution in [0.4, 0.5) is 0 Å². The van der Waals surface area contributed by atoms with Crippen molar-refractivity contribution in [1.82, 2.24) is 5.32 Å². The van der Waals surface area contributed by atoms with Gasteiger partial charge in [0.25, 0.3) is 10.1 Å². The van der Waals surface area contributed by atoms with E-state index in [1.807, 2.05) is 27.7 Å². The van der Waals surface area contributed by atoms with Crippen LogP contribution < -0.4 is 5.32 Å². The van der Waals surface area contributed by atoms with E-state index in [9.17, 15) is 18.0 Å². The number of hydrogen-bond donors (Lipinski definition) is 2. The second kappa shape index (κ2) is 10.4. The highest BCUT2D eigenvalue weighted by Gasteiger charge is 2.39. The Balaban J connectivity index is 2.77. The Morgan fingerprint density at radius 2 is 1.67 bits per heavy atom. The first-order valence-electron chi connectivity index (χ1n) is 9.46. The second-order valence-corrected chi connectivity index (χ2v) is 9.79. The first-order chi connectivity index (χ1) is 12.4. The van der Waals surface area contributed by atoms with Crippen LogP contribution in [-0.4, -0.2) is 55.5 Å². The van der Waals surface area contributed by atoms with Crippen molar-refractivity contribution in [2.45, 2.75) is 71.3 Å². The van der Waals surface area contributed by atoms with Gasteiger partial charge in [0.1, 0.15) is 0 Å². The summed E-state index contributed by atoms with van der Waals surface area (Å²) >= 11 is 0. The van der Waals surface area contributed by atoms with Gasteiger partial charge in [0.15, 0.2) is 6.04 Å². The van der Waals surface area contributed by atoms with Crippen LogP contribution in [0.2, 0.25) is 0 Å². The van der Waals surface area contributed by atoms with Gasteiger partial charge in [-0.15, -0.1) is 0 Å². The summed E-state index contributed by atoms with van der Waals surface area (Å²) in [6.07, 6.45) is 0.0128. The molecule has 4 atom stereocenters. The van der Waals surface area contributed by atoms with Crippen molar-refractivity contribution in [3.63, 3.8) is 0 Å². The van der Waals surface area contributed by atoms with Gasteiger partial charge in [-0.05, 0) is 38.0 Å². The highest BCUT2D eigenvalue weighted by atomic mass is 32.2. The van der Waals surface area contributed by atoms with Crippen molar-refractivity contribution in [3.05, 3.63) is 0 Å². The summed E-state index contributed by atoms with van der Waals surface area (Å²) in [6, 6.07) is -0.972. The third-order valence-electron chi connectivity index (χ3n) is 4.45. The van der Waals surface area contributed by atoms with E-state index in [1.165, 1.54) is 0 Å². The van der Waals surface area contributed by atoms with Crippen molar-refractivity contribution >= 4 is 22.0 Å².